The summed E-state index contributed by atoms with van der Waals surface area (Å²) in [6.07, 6.45) is 0. The van der Waals surface area contributed by atoms with E-state index in [2.05, 4.69) is 24.8 Å². The second kappa shape index (κ2) is 4.97. The Morgan fingerprint density at radius 2 is 1.78 bits per heavy atom. The summed E-state index contributed by atoms with van der Waals surface area (Å²) in [4.78, 5) is 0. The molecule has 0 rings (SSSR count). The topological polar surface area (TPSA) is 9.23 Å². The Morgan fingerprint density at radius 1 is 1.44 bits per heavy atom. The van der Waals surface area contributed by atoms with E-state index in [0.29, 0.717) is 4.38 Å². The van der Waals surface area contributed by atoms with Gasteiger partial charge in [-0.05, 0) is 33.0 Å². The number of rotatable bonds is 0. The van der Waals surface area contributed by atoms with Gasteiger partial charge in [0.15, 0.2) is 0 Å². The summed E-state index contributed by atoms with van der Waals surface area (Å²) in [5.74, 6) is 0. The summed E-state index contributed by atoms with van der Waals surface area (Å²) in [5, 5.41) is 0. The minimum absolute atomic E-state index is 0. The van der Waals surface area contributed by atoms with Crippen molar-refractivity contribution in [1.82, 2.24) is 0 Å². The molecule has 0 saturated heterocycles. The van der Waals surface area contributed by atoms with Crippen molar-refractivity contribution in [1.29, 1.82) is 0 Å². The van der Waals surface area contributed by atoms with Crippen molar-refractivity contribution in [3.63, 3.8) is 0 Å². The fourth-order valence-corrected chi connectivity index (χ4v) is 0.786. The fraction of sp³-hybridized carbons (Fsp3) is 0.800. The molecule has 0 heterocycles. The van der Waals surface area contributed by atoms with Crippen LogP contribution in [0.25, 0.3) is 0 Å². The summed E-state index contributed by atoms with van der Waals surface area (Å²) in [6, 6.07) is 0. The van der Waals surface area contributed by atoms with Gasteiger partial charge in [-0.1, -0.05) is 12.6 Å². The molecule has 0 aliphatic carbocycles. The second-order valence-electron chi connectivity index (χ2n) is 2.48. The number of thiol groups is 1. The molecule has 0 amide bonds. The molecule has 0 fully saturated rings. The Kier molecular flexibility index (Phi) is 7.10. The van der Waals surface area contributed by atoms with E-state index in [9.17, 15) is 0 Å². The molecule has 50 valence electrons. The maximum absolute atomic E-state index is 5.03. The molecule has 0 unspecified atom stereocenters. The van der Waals surface area contributed by atoms with E-state index < -0.39 is 0 Å². The molecule has 0 aromatic heterocycles. The van der Waals surface area contributed by atoms with Crippen LogP contribution in [-0.2, 0) is 4.74 Å². The molecule has 0 radical (unpaired) electrons. The SMILES string of the molecule is CC(C)(C)OC(=S)S.[NaH]. The monoisotopic (exact) mass is 174 g/mol. The van der Waals surface area contributed by atoms with Crippen LogP contribution in [0.1, 0.15) is 20.8 Å². The van der Waals surface area contributed by atoms with Gasteiger partial charge in [-0.2, -0.15) is 0 Å². The van der Waals surface area contributed by atoms with Crippen molar-refractivity contribution in [3.05, 3.63) is 0 Å². The molecule has 0 spiro atoms. The third kappa shape index (κ3) is 12.4. The number of ether oxygens (including phenoxy) is 1. The van der Waals surface area contributed by atoms with Crippen molar-refractivity contribution < 1.29 is 4.74 Å². The Morgan fingerprint density at radius 3 is 1.78 bits per heavy atom. The molecule has 0 N–H and O–H groups in total. The average Bonchev–Trinajstić information content (AvgIpc) is 1.21. The summed E-state index contributed by atoms with van der Waals surface area (Å²) < 4.78 is 5.34. The summed E-state index contributed by atoms with van der Waals surface area (Å²) >= 11 is 8.39. The zero-order valence-corrected chi connectivity index (χ0v) is 6.97. The molecule has 1 nitrogen and oxygen atoms in total. The van der Waals surface area contributed by atoms with E-state index in [0.717, 1.165) is 0 Å². The van der Waals surface area contributed by atoms with E-state index >= 15 is 0 Å². The normalized spacial score (nSPS) is 9.78. The van der Waals surface area contributed by atoms with Crippen molar-refractivity contribution in [2.75, 3.05) is 0 Å². The first-order valence-corrected chi connectivity index (χ1v) is 3.19. The molecule has 0 atom stereocenters. The van der Waals surface area contributed by atoms with Gasteiger partial charge in [0, 0.05) is 0 Å². The van der Waals surface area contributed by atoms with E-state index in [1.807, 2.05) is 20.8 Å². The first-order valence-electron chi connectivity index (χ1n) is 2.34. The standard InChI is InChI=1S/C5H10OS2.Na.H/c1-5(2,3)6-4(7)8;;/h1-3H3,(H,7,8);;. The quantitative estimate of drug-likeness (QED) is 0.337. The van der Waals surface area contributed by atoms with Gasteiger partial charge in [0.2, 0.25) is 4.38 Å². The van der Waals surface area contributed by atoms with Gasteiger partial charge in [0.25, 0.3) is 0 Å². The molecule has 0 aliphatic heterocycles. The summed E-state index contributed by atoms with van der Waals surface area (Å²) in [6.45, 7) is 5.78. The van der Waals surface area contributed by atoms with Crippen LogP contribution in [0.15, 0.2) is 0 Å². The van der Waals surface area contributed by atoms with Gasteiger partial charge in [0.05, 0.1) is 0 Å². The number of hydrogen-bond donors (Lipinski definition) is 1. The molecule has 0 aliphatic rings. The van der Waals surface area contributed by atoms with Crippen LogP contribution in [0.5, 0.6) is 0 Å². The van der Waals surface area contributed by atoms with E-state index in [4.69, 9.17) is 4.74 Å². The molecule has 0 bridgehead atoms. The van der Waals surface area contributed by atoms with Crippen LogP contribution in [-0.4, -0.2) is 39.5 Å². The van der Waals surface area contributed by atoms with E-state index in [1.54, 1.807) is 0 Å². The third-order valence-electron chi connectivity index (χ3n) is 0.393. The van der Waals surface area contributed by atoms with Crippen molar-refractivity contribution >= 4 is 58.8 Å². The van der Waals surface area contributed by atoms with Crippen molar-refractivity contribution in [3.8, 4) is 0 Å². The summed E-state index contributed by atoms with van der Waals surface area (Å²) in [5.41, 5.74) is -0.196. The Balaban J connectivity index is 0. The van der Waals surface area contributed by atoms with Gasteiger partial charge in [-0.3, -0.25) is 0 Å². The first-order chi connectivity index (χ1) is 3.42. The molecule has 0 aromatic rings. The first kappa shape index (κ1) is 12.9. The molecule has 9 heavy (non-hydrogen) atoms. The van der Waals surface area contributed by atoms with E-state index in [1.165, 1.54) is 0 Å². The zero-order chi connectivity index (χ0) is 6.78. The average molecular weight is 174 g/mol. The van der Waals surface area contributed by atoms with Crippen molar-refractivity contribution in [2.24, 2.45) is 0 Å². The number of hydrogen-bond acceptors (Lipinski definition) is 2. The Bertz CT molecular complexity index is 97.6. The van der Waals surface area contributed by atoms with Crippen LogP contribution >= 0.6 is 24.8 Å². The maximum atomic E-state index is 5.03. The molecule has 4 heteroatoms. The van der Waals surface area contributed by atoms with Gasteiger partial charge >= 0.3 is 29.6 Å². The Labute approximate surface area is 89.2 Å². The fourth-order valence-electron chi connectivity index (χ4n) is 0.262. The minimum atomic E-state index is -0.196. The molecule has 0 aromatic carbocycles. The molecular formula is C5H11NaOS2. The van der Waals surface area contributed by atoms with Crippen LogP contribution < -0.4 is 0 Å². The van der Waals surface area contributed by atoms with E-state index in [-0.39, 0.29) is 35.2 Å². The van der Waals surface area contributed by atoms with Crippen LogP contribution in [0.4, 0.5) is 0 Å². The van der Waals surface area contributed by atoms with Crippen molar-refractivity contribution in [2.45, 2.75) is 26.4 Å². The van der Waals surface area contributed by atoms with Gasteiger partial charge in [0.1, 0.15) is 5.60 Å². The predicted octanol–water partition coefficient (Wildman–Crippen LogP) is 1.37. The summed E-state index contributed by atoms with van der Waals surface area (Å²) in [7, 11) is 0. The van der Waals surface area contributed by atoms with Crippen LogP contribution in [0.2, 0.25) is 0 Å². The van der Waals surface area contributed by atoms with Crippen LogP contribution in [0.3, 0.4) is 0 Å². The zero-order valence-electron chi connectivity index (χ0n) is 5.26. The van der Waals surface area contributed by atoms with Gasteiger partial charge in [-0.25, -0.2) is 0 Å². The second-order valence-corrected chi connectivity index (χ2v) is 3.56. The van der Waals surface area contributed by atoms with Crippen LogP contribution in [0, 0.1) is 0 Å². The third-order valence-corrected chi connectivity index (χ3v) is 0.568. The van der Waals surface area contributed by atoms with Gasteiger partial charge in [-0.15, -0.1) is 0 Å². The predicted molar refractivity (Wildman–Crippen MR) is 49.6 cm³/mol. The Hall–Kier alpha value is 1.24. The van der Waals surface area contributed by atoms with Gasteiger partial charge < -0.3 is 4.74 Å². The molecular weight excluding hydrogens is 163 g/mol. The number of thiocarbonyl (C=S) groups is 1. The molecule has 0 saturated carbocycles.